The number of nitrogens with one attached hydrogen (secondary N) is 1. The molecule has 1 fully saturated rings. The molecule has 0 radical (unpaired) electrons. The quantitative estimate of drug-likeness (QED) is 0.749. The fourth-order valence-electron chi connectivity index (χ4n) is 3.70. The lowest BCUT2D eigenvalue weighted by molar-refractivity contribution is -0.0848. The van der Waals surface area contributed by atoms with Crippen LogP contribution in [0.15, 0.2) is 29.2 Å². The van der Waals surface area contributed by atoms with E-state index in [1.807, 2.05) is 0 Å². The highest BCUT2D eigenvalue weighted by Gasteiger charge is 2.51. The second-order valence-electron chi connectivity index (χ2n) is 7.26. The van der Waals surface area contributed by atoms with Gasteiger partial charge < -0.3 is 14.6 Å². The summed E-state index contributed by atoms with van der Waals surface area (Å²) in [5.74, 6) is -4.41. The molecular weight excluding hydrogens is 422 g/mol. The molecule has 8 nitrogen and oxygen atoms in total. The van der Waals surface area contributed by atoms with E-state index < -0.39 is 39.7 Å². The first-order chi connectivity index (χ1) is 14.1. The van der Waals surface area contributed by atoms with Gasteiger partial charge in [-0.1, -0.05) is 17.7 Å². The molecule has 30 heavy (non-hydrogen) atoms. The maximum absolute atomic E-state index is 13.8. The van der Waals surface area contributed by atoms with E-state index in [1.165, 1.54) is 21.7 Å². The number of rotatable bonds is 3. The number of halogens is 3. The number of aromatic nitrogens is 1. The van der Waals surface area contributed by atoms with Gasteiger partial charge in [0.05, 0.1) is 19.2 Å². The van der Waals surface area contributed by atoms with Gasteiger partial charge in [-0.3, -0.25) is 25.0 Å². The summed E-state index contributed by atoms with van der Waals surface area (Å²) in [6.07, 6.45) is 1.18. The van der Waals surface area contributed by atoms with Crippen LogP contribution in [0.2, 0.25) is 5.02 Å². The van der Waals surface area contributed by atoms with Crippen molar-refractivity contribution >= 4 is 23.4 Å². The first-order valence-corrected chi connectivity index (χ1v) is 9.42. The summed E-state index contributed by atoms with van der Waals surface area (Å²) in [7, 11) is 0. The van der Waals surface area contributed by atoms with Gasteiger partial charge in [-0.05, 0) is 13.0 Å². The fourth-order valence-corrected chi connectivity index (χ4v) is 4.00. The molecule has 158 valence electrons. The van der Waals surface area contributed by atoms with Crippen molar-refractivity contribution in [3.8, 4) is 0 Å². The molecule has 2 atom stereocenters. The van der Waals surface area contributed by atoms with E-state index in [9.17, 15) is 23.2 Å². The van der Waals surface area contributed by atoms with E-state index in [0.29, 0.717) is 6.07 Å². The molecule has 2 aromatic rings. The molecule has 2 aliphatic rings. The molecule has 3 heterocycles. The van der Waals surface area contributed by atoms with E-state index in [0.717, 1.165) is 6.07 Å². The summed E-state index contributed by atoms with van der Waals surface area (Å²) in [5.41, 5.74) is 4.97. The van der Waals surface area contributed by atoms with Crippen LogP contribution in [0.3, 0.4) is 0 Å². The SMILES string of the molecule is C[C@H]1CO[C@]2(N)Cn3cc(C(=O)NCc4ccc(F)cc4F)c(=O)c(Cl)c3C(=O)N12. The van der Waals surface area contributed by atoms with Gasteiger partial charge in [0.15, 0.2) is 0 Å². The summed E-state index contributed by atoms with van der Waals surface area (Å²) >= 11 is 6.15. The Hall–Kier alpha value is -2.82. The smallest absolute Gasteiger partial charge is 0.275 e. The minimum atomic E-state index is -1.42. The standard InChI is InChI=1S/C19H17ClF2N4O4/c1-9-7-30-19(23)8-25-6-12(16(27)14(20)15(25)18(29)26(9)19)17(28)24-5-10-2-3-11(21)4-13(10)22/h2-4,6,9H,5,7-8,23H2,1H3,(H,24,28)/t9-,19-/m0/s1. The minimum absolute atomic E-state index is 0.0361. The molecule has 2 aliphatic heterocycles. The Morgan fingerprint density at radius 3 is 2.83 bits per heavy atom. The highest BCUT2D eigenvalue weighted by Crippen LogP contribution is 2.33. The largest absolute Gasteiger partial charge is 0.348 e. The van der Waals surface area contributed by atoms with Gasteiger partial charge in [0.25, 0.3) is 11.8 Å². The molecule has 0 spiro atoms. The fraction of sp³-hybridized carbons (Fsp3) is 0.316. The third-order valence-corrected chi connectivity index (χ3v) is 5.52. The molecular formula is C19H17ClF2N4O4. The Labute approximate surface area is 174 Å². The lowest BCUT2D eigenvalue weighted by Crippen LogP contribution is -2.63. The van der Waals surface area contributed by atoms with E-state index in [1.54, 1.807) is 6.92 Å². The number of nitrogens with two attached hydrogens (primary N) is 1. The molecule has 2 amide bonds. The number of pyridine rings is 1. The zero-order valence-electron chi connectivity index (χ0n) is 15.7. The molecule has 3 N–H and O–H groups in total. The molecule has 0 aliphatic carbocycles. The summed E-state index contributed by atoms with van der Waals surface area (Å²) in [6, 6.07) is 2.61. The third kappa shape index (κ3) is 3.17. The van der Waals surface area contributed by atoms with Crippen LogP contribution in [-0.4, -0.2) is 39.8 Å². The average Bonchev–Trinajstić information content (AvgIpc) is 2.98. The molecule has 4 rings (SSSR count). The summed E-state index contributed by atoms with van der Waals surface area (Å²) in [6.45, 7) is 1.66. The lowest BCUT2D eigenvalue weighted by atomic mass is 10.1. The van der Waals surface area contributed by atoms with Gasteiger partial charge in [-0.2, -0.15) is 0 Å². The van der Waals surface area contributed by atoms with Crippen LogP contribution in [0.1, 0.15) is 33.3 Å². The number of nitrogens with zero attached hydrogens (tertiary/aromatic N) is 2. The number of hydrogen-bond donors (Lipinski definition) is 2. The molecule has 0 unspecified atom stereocenters. The molecule has 1 aromatic carbocycles. The Balaban J connectivity index is 1.65. The van der Waals surface area contributed by atoms with Crippen molar-refractivity contribution in [1.82, 2.24) is 14.8 Å². The van der Waals surface area contributed by atoms with Gasteiger partial charge >= 0.3 is 0 Å². The predicted molar refractivity (Wildman–Crippen MR) is 102 cm³/mol. The van der Waals surface area contributed by atoms with E-state index in [4.69, 9.17) is 22.1 Å². The van der Waals surface area contributed by atoms with Crippen molar-refractivity contribution < 1.29 is 23.1 Å². The monoisotopic (exact) mass is 438 g/mol. The Bertz CT molecular complexity index is 1140. The van der Waals surface area contributed by atoms with Crippen LogP contribution < -0.4 is 16.5 Å². The molecule has 1 saturated heterocycles. The molecule has 0 saturated carbocycles. The van der Waals surface area contributed by atoms with Crippen molar-refractivity contribution in [1.29, 1.82) is 0 Å². The Morgan fingerprint density at radius 1 is 1.40 bits per heavy atom. The van der Waals surface area contributed by atoms with Crippen LogP contribution in [0.25, 0.3) is 0 Å². The lowest BCUT2D eigenvalue weighted by Gasteiger charge is -2.40. The van der Waals surface area contributed by atoms with Crippen LogP contribution >= 0.6 is 11.6 Å². The van der Waals surface area contributed by atoms with Crippen molar-refractivity contribution in [3.05, 3.63) is 68.1 Å². The summed E-state index contributed by atoms with van der Waals surface area (Å²) in [5, 5.41) is 1.98. The maximum Gasteiger partial charge on any atom is 0.275 e. The second kappa shape index (κ2) is 7.15. The van der Waals surface area contributed by atoms with Gasteiger partial charge in [-0.25, -0.2) is 8.78 Å². The van der Waals surface area contributed by atoms with Crippen molar-refractivity contribution in [3.63, 3.8) is 0 Å². The van der Waals surface area contributed by atoms with Crippen LogP contribution in [0.5, 0.6) is 0 Å². The zero-order valence-corrected chi connectivity index (χ0v) is 16.5. The number of carbonyl (C=O) groups excluding carboxylic acids is 2. The van der Waals surface area contributed by atoms with Crippen molar-refractivity contribution in [2.75, 3.05) is 6.61 Å². The van der Waals surface area contributed by atoms with Crippen molar-refractivity contribution in [2.24, 2.45) is 5.73 Å². The van der Waals surface area contributed by atoms with Crippen LogP contribution in [0, 0.1) is 11.6 Å². The number of hydrogen-bond acceptors (Lipinski definition) is 5. The number of fused-ring (bicyclic) bond motifs is 2. The first-order valence-electron chi connectivity index (χ1n) is 9.04. The number of ether oxygens (including phenoxy) is 1. The molecule has 0 bridgehead atoms. The van der Waals surface area contributed by atoms with Gasteiger partial charge in [0.2, 0.25) is 11.3 Å². The number of benzene rings is 1. The highest BCUT2D eigenvalue weighted by molar-refractivity contribution is 6.33. The Morgan fingerprint density at radius 2 is 2.13 bits per heavy atom. The van der Waals surface area contributed by atoms with Crippen LogP contribution in [0.4, 0.5) is 8.78 Å². The molecule has 11 heteroatoms. The third-order valence-electron chi connectivity index (χ3n) is 5.16. The average molecular weight is 439 g/mol. The normalized spacial score (nSPS) is 22.6. The van der Waals surface area contributed by atoms with Gasteiger partial charge in [-0.15, -0.1) is 0 Å². The van der Waals surface area contributed by atoms with Crippen LogP contribution in [-0.2, 0) is 17.8 Å². The number of carbonyl (C=O) groups is 2. The van der Waals surface area contributed by atoms with Crippen molar-refractivity contribution in [2.45, 2.75) is 31.9 Å². The second-order valence-corrected chi connectivity index (χ2v) is 7.64. The van der Waals surface area contributed by atoms with E-state index in [2.05, 4.69) is 5.32 Å². The van der Waals surface area contributed by atoms with Gasteiger partial charge in [0.1, 0.15) is 27.9 Å². The summed E-state index contributed by atoms with van der Waals surface area (Å²) < 4.78 is 33.6. The summed E-state index contributed by atoms with van der Waals surface area (Å²) in [4.78, 5) is 39.4. The van der Waals surface area contributed by atoms with E-state index in [-0.39, 0.29) is 42.6 Å². The molecule has 1 aromatic heterocycles. The highest BCUT2D eigenvalue weighted by atomic mass is 35.5. The van der Waals surface area contributed by atoms with Gasteiger partial charge in [0, 0.05) is 24.4 Å². The topological polar surface area (TPSA) is 107 Å². The number of amides is 2. The maximum atomic E-state index is 13.8. The predicted octanol–water partition coefficient (Wildman–Crippen LogP) is 1.20. The minimum Gasteiger partial charge on any atom is -0.348 e. The van der Waals surface area contributed by atoms with E-state index >= 15 is 0 Å². The first kappa shape index (κ1) is 20.5. The Kier molecular flexibility index (Phi) is 4.88. The zero-order chi connectivity index (χ0) is 21.8.